The number of fused-ring (bicyclic) bond motifs is 1. The summed E-state index contributed by atoms with van der Waals surface area (Å²) >= 11 is 0. The van der Waals surface area contributed by atoms with Crippen LogP contribution in [0.5, 0.6) is 0 Å². The number of aryl methyl sites for hydroxylation is 1. The molecule has 0 bridgehead atoms. The minimum atomic E-state index is -0.290. The summed E-state index contributed by atoms with van der Waals surface area (Å²) in [5.41, 5.74) is 5.04. The SMILES string of the molecule is Cc1ccn2c(C(CC(=O)N3CCC(Cc4ccccc4)CC3)c3cccc(F)c3)cnc2c1. The first-order valence-electron chi connectivity index (χ1n) is 12.1. The number of nitrogens with zero attached hydrogens (tertiary/aromatic N) is 3. The molecule has 34 heavy (non-hydrogen) atoms. The van der Waals surface area contributed by atoms with Crippen LogP contribution < -0.4 is 0 Å². The van der Waals surface area contributed by atoms with E-state index in [4.69, 9.17) is 0 Å². The molecule has 1 amide bonds. The number of amides is 1. The second-order valence-electron chi connectivity index (χ2n) is 9.44. The minimum absolute atomic E-state index is 0.120. The number of aromatic nitrogens is 2. The monoisotopic (exact) mass is 455 g/mol. The Morgan fingerprint density at radius 3 is 2.62 bits per heavy atom. The van der Waals surface area contributed by atoms with E-state index in [1.54, 1.807) is 6.07 Å². The third kappa shape index (κ3) is 4.89. The molecule has 3 heterocycles. The van der Waals surface area contributed by atoms with E-state index in [2.05, 4.69) is 29.2 Å². The fourth-order valence-electron chi connectivity index (χ4n) is 5.11. The molecule has 1 atom stereocenters. The van der Waals surface area contributed by atoms with Gasteiger partial charge in [-0.3, -0.25) is 4.79 Å². The summed E-state index contributed by atoms with van der Waals surface area (Å²) in [6.07, 6.45) is 7.20. The number of imidazole rings is 1. The number of carbonyl (C=O) groups excluding carboxylic acids is 1. The Labute approximate surface area is 200 Å². The number of piperidine rings is 1. The lowest BCUT2D eigenvalue weighted by atomic mass is 9.88. The van der Waals surface area contributed by atoms with Gasteiger partial charge in [0.1, 0.15) is 11.5 Å². The van der Waals surface area contributed by atoms with Gasteiger partial charge in [0.15, 0.2) is 0 Å². The molecule has 5 rings (SSSR count). The smallest absolute Gasteiger partial charge is 0.223 e. The van der Waals surface area contributed by atoms with Crippen molar-refractivity contribution in [3.8, 4) is 0 Å². The van der Waals surface area contributed by atoms with Gasteiger partial charge in [0.05, 0.1) is 5.69 Å². The van der Waals surface area contributed by atoms with E-state index in [0.717, 1.165) is 54.8 Å². The average Bonchev–Trinajstić information content (AvgIpc) is 3.26. The molecule has 0 spiro atoms. The number of halogens is 1. The lowest BCUT2D eigenvalue weighted by Crippen LogP contribution is -2.39. The molecule has 174 valence electrons. The molecular weight excluding hydrogens is 425 g/mol. The van der Waals surface area contributed by atoms with Gasteiger partial charge in [0, 0.05) is 37.8 Å². The third-order valence-corrected chi connectivity index (χ3v) is 7.02. The maximum absolute atomic E-state index is 14.1. The molecule has 4 aromatic rings. The predicted molar refractivity (Wildman–Crippen MR) is 132 cm³/mol. The van der Waals surface area contributed by atoms with Crippen molar-refractivity contribution in [1.29, 1.82) is 0 Å². The number of pyridine rings is 1. The summed E-state index contributed by atoms with van der Waals surface area (Å²) in [7, 11) is 0. The van der Waals surface area contributed by atoms with Crippen LogP contribution in [0.25, 0.3) is 5.65 Å². The number of likely N-dealkylation sites (tertiary alicyclic amines) is 1. The Balaban J connectivity index is 1.33. The highest BCUT2D eigenvalue weighted by molar-refractivity contribution is 5.78. The summed E-state index contributed by atoms with van der Waals surface area (Å²) in [5, 5.41) is 0. The molecular formula is C29H30FN3O. The first-order valence-corrected chi connectivity index (χ1v) is 12.1. The highest BCUT2D eigenvalue weighted by Crippen LogP contribution is 2.31. The van der Waals surface area contributed by atoms with Crippen molar-refractivity contribution in [3.05, 3.63) is 107 Å². The van der Waals surface area contributed by atoms with Gasteiger partial charge in [-0.15, -0.1) is 0 Å². The fourth-order valence-corrected chi connectivity index (χ4v) is 5.11. The second-order valence-corrected chi connectivity index (χ2v) is 9.44. The second kappa shape index (κ2) is 9.80. The summed E-state index contributed by atoms with van der Waals surface area (Å²) in [6, 6.07) is 21.2. The number of benzene rings is 2. The van der Waals surface area contributed by atoms with Gasteiger partial charge in [-0.25, -0.2) is 9.37 Å². The quantitative estimate of drug-likeness (QED) is 0.369. The van der Waals surface area contributed by atoms with Crippen LogP contribution in [-0.2, 0) is 11.2 Å². The molecule has 4 nitrogen and oxygen atoms in total. The van der Waals surface area contributed by atoms with E-state index in [1.807, 2.05) is 52.9 Å². The van der Waals surface area contributed by atoms with Gasteiger partial charge in [0.25, 0.3) is 0 Å². The van der Waals surface area contributed by atoms with E-state index in [1.165, 1.54) is 17.7 Å². The van der Waals surface area contributed by atoms with Gasteiger partial charge in [0.2, 0.25) is 5.91 Å². The Kier molecular flexibility index (Phi) is 6.43. The number of hydrogen-bond acceptors (Lipinski definition) is 2. The molecule has 1 saturated heterocycles. The minimum Gasteiger partial charge on any atom is -0.343 e. The third-order valence-electron chi connectivity index (χ3n) is 7.02. The van der Waals surface area contributed by atoms with Crippen LogP contribution >= 0.6 is 0 Å². The molecule has 5 heteroatoms. The Morgan fingerprint density at radius 1 is 1.06 bits per heavy atom. The van der Waals surface area contributed by atoms with Gasteiger partial charge in [-0.2, -0.15) is 0 Å². The zero-order valence-corrected chi connectivity index (χ0v) is 19.5. The number of carbonyl (C=O) groups is 1. The standard InChI is InChI=1S/C29H30FN3O/c1-21-10-15-33-27(20-31-28(33)16-21)26(24-8-5-9-25(30)18-24)19-29(34)32-13-11-23(12-14-32)17-22-6-3-2-4-7-22/h2-10,15-16,18,20,23,26H,11-14,17,19H2,1H3. The van der Waals surface area contributed by atoms with Crippen LogP contribution in [0.15, 0.2) is 79.1 Å². The number of hydrogen-bond donors (Lipinski definition) is 0. The lowest BCUT2D eigenvalue weighted by Gasteiger charge is -2.33. The summed E-state index contributed by atoms with van der Waals surface area (Å²) in [4.78, 5) is 20.0. The topological polar surface area (TPSA) is 37.6 Å². The van der Waals surface area contributed by atoms with E-state index in [0.29, 0.717) is 12.3 Å². The fraction of sp³-hybridized carbons (Fsp3) is 0.310. The van der Waals surface area contributed by atoms with E-state index < -0.39 is 0 Å². The van der Waals surface area contributed by atoms with Crippen LogP contribution in [0.1, 0.15) is 47.6 Å². The zero-order valence-electron chi connectivity index (χ0n) is 19.5. The maximum Gasteiger partial charge on any atom is 0.223 e. The van der Waals surface area contributed by atoms with Crippen molar-refractivity contribution in [1.82, 2.24) is 14.3 Å². The van der Waals surface area contributed by atoms with Gasteiger partial charge in [-0.05, 0) is 73.1 Å². The summed E-state index contributed by atoms with van der Waals surface area (Å²) < 4.78 is 16.1. The predicted octanol–water partition coefficient (Wildman–Crippen LogP) is 5.79. The Bertz CT molecular complexity index is 1280. The highest BCUT2D eigenvalue weighted by atomic mass is 19.1. The van der Waals surface area contributed by atoms with Crippen LogP contribution in [0.4, 0.5) is 4.39 Å². The van der Waals surface area contributed by atoms with Gasteiger partial charge >= 0.3 is 0 Å². The molecule has 0 N–H and O–H groups in total. The first kappa shape index (κ1) is 22.3. The Hall–Kier alpha value is -3.47. The molecule has 0 aliphatic carbocycles. The molecule has 1 aliphatic heterocycles. The van der Waals surface area contributed by atoms with Crippen molar-refractivity contribution in [2.24, 2.45) is 5.92 Å². The zero-order chi connectivity index (χ0) is 23.5. The highest BCUT2D eigenvalue weighted by Gasteiger charge is 2.28. The first-order chi connectivity index (χ1) is 16.6. The van der Waals surface area contributed by atoms with Crippen molar-refractivity contribution in [2.75, 3.05) is 13.1 Å². The van der Waals surface area contributed by atoms with Crippen molar-refractivity contribution < 1.29 is 9.18 Å². The van der Waals surface area contributed by atoms with E-state index in [9.17, 15) is 9.18 Å². The average molecular weight is 456 g/mol. The number of rotatable bonds is 6. The van der Waals surface area contributed by atoms with Crippen LogP contribution in [0, 0.1) is 18.7 Å². The molecule has 2 aromatic carbocycles. The normalized spacial score (nSPS) is 15.5. The van der Waals surface area contributed by atoms with Crippen LogP contribution in [-0.4, -0.2) is 33.3 Å². The van der Waals surface area contributed by atoms with Crippen LogP contribution in [0.2, 0.25) is 0 Å². The largest absolute Gasteiger partial charge is 0.343 e. The van der Waals surface area contributed by atoms with Crippen molar-refractivity contribution in [2.45, 2.75) is 38.5 Å². The van der Waals surface area contributed by atoms with Gasteiger partial charge < -0.3 is 9.30 Å². The van der Waals surface area contributed by atoms with E-state index >= 15 is 0 Å². The van der Waals surface area contributed by atoms with Crippen molar-refractivity contribution in [3.63, 3.8) is 0 Å². The van der Waals surface area contributed by atoms with Gasteiger partial charge in [-0.1, -0.05) is 42.5 Å². The van der Waals surface area contributed by atoms with Crippen LogP contribution in [0.3, 0.4) is 0 Å². The molecule has 1 unspecified atom stereocenters. The van der Waals surface area contributed by atoms with E-state index in [-0.39, 0.29) is 17.6 Å². The molecule has 2 aromatic heterocycles. The molecule has 0 saturated carbocycles. The molecule has 1 fully saturated rings. The molecule has 0 radical (unpaired) electrons. The molecule has 1 aliphatic rings. The Morgan fingerprint density at radius 2 is 1.85 bits per heavy atom. The van der Waals surface area contributed by atoms with Crippen molar-refractivity contribution >= 4 is 11.6 Å². The summed E-state index contributed by atoms with van der Waals surface area (Å²) in [6.45, 7) is 3.58. The maximum atomic E-state index is 14.1. The lowest BCUT2D eigenvalue weighted by molar-refractivity contribution is -0.132. The summed E-state index contributed by atoms with van der Waals surface area (Å²) in [5.74, 6) is 0.172.